The quantitative estimate of drug-likeness (QED) is 0.375. The zero-order chi connectivity index (χ0) is 13.9. The van der Waals surface area contributed by atoms with Crippen LogP contribution in [0.4, 0.5) is 0 Å². The van der Waals surface area contributed by atoms with Crippen molar-refractivity contribution in [1.29, 1.82) is 0 Å². The summed E-state index contributed by atoms with van der Waals surface area (Å²) < 4.78 is 0. The molecule has 23 heavy (non-hydrogen) atoms. The van der Waals surface area contributed by atoms with E-state index >= 15 is 0 Å². The van der Waals surface area contributed by atoms with Gasteiger partial charge < -0.3 is 31.2 Å². The summed E-state index contributed by atoms with van der Waals surface area (Å²) in [6, 6.07) is 0. The maximum atomic E-state index is 2.99. The van der Waals surface area contributed by atoms with Crippen LogP contribution in [0, 0.1) is 24.3 Å². The molecule has 0 heterocycles. The van der Waals surface area contributed by atoms with E-state index in [-0.39, 0.29) is 51.0 Å². The zero-order valence-electron chi connectivity index (χ0n) is 13.9. The van der Waals surface area contributed by atoms with Crippen molar-refractivity contribution in [3.05, 3.63) is 55.0 Å². The Balaban J connectivity index is 0. The van der Waals surface area contributed by atoms with Gasteiger partial charge in [0.1, 0.15) is 0 Å². The molecule has 2 unspecified atom stereocenters. The summed E-state index contributed by atoms with van der Waals surface area (Å²) in [5, 5.41) is 0. The molecule has 0 radical (unpaired) electrons. The van der Waals surface area contributed by atoms with Gasteiger partial charge in [-0.25, -0.2) is 12.2 Å². The molecule has 0 aromatic carbocycles. The van der Waals surface area contributed by atoms with E-state index in [1.807, 2.05) is 12.2 Å². The van der Waals surface area contributed by atoms with Crippen molar-refractivity contribution in [2.75, 3.05) is 0 Å². The topological polar surface area (TPSA) is 0 Å². The van der Waals surface area contributed by atoms with Gasteiger partial charge in [-0.2, -0.15) is 12.5 Å². The van der Waals surface area contributed by atoms with Crippen LogP contribution in [0.15, 0.2) is 42.5 Å². The summed E-state index contributed by atoms with van der Waals surface area (Å²) in [6.45, 7) is 0. The smallest absolute Gasteiger partial charge is 1.00 e. The van der Waals surface area contributed by atoms with Crippen molar-refractivity contribution in [2.24, 2.45) is 11.8 Å². The molecule has 2 atom stereocenters. The second-order valence-corrected chi connectivity index (χ2v) is 5.92. The normalized spacial score (nSPS) is 26.8. The predicted octanol–water partition coefficient (Wildman–Crippen LogP) is -0.00532. The van der Waals surface area contributed by atoms with Crippen LogP contribution in [-0.4, -0.2) is 0 Å². The maximum Gasteiger partial charge on any atom is 4.00 e. The number of rotatable bonds is 0. The van der Waals surface area contributed by atoms with E-state index in [2.05, 4.69) is 42.9 Å². The average molecular weight is 431 g/mol. The third-order valence-electron chi connectivity index (χ3n) is 4.24. The van der Waals surface area contributed by atoms with Crippen molar-refractivity contribution in [3.8, 4) is 0 Å². The minimum atomic E-state index is 0. The molecule has 3 aliphatic carbocycles. The Kier molecular flexibility index (Phi) is 19.2. The molecule has 0 amide bonds. The van der Waals surface area contributed by atoms with E-state index < -0.39 is 0 Å². The number of fused-ring (bicyclic) bond motifs is 1. The minimum absolute atomic E-state index is 0. The van der Waals surface area contributed by atoms with Crippen LogP contribution in [-0.2, 0) is 26.2 Å². The van der Waals surface area contributed by atoms with Gasteiger partial charge in [0.25, 0.3) is 0 Å². The van der Waals surface area contributed by atoms with Gasteiger partial charge in [-0.15, -0.1) is 18.4 Å². The summed E-state index contributed by atoms with van der Waals surface area (Å²) in [6.07, 6.45) is 33.1. The molecule has 0 saturated carbocycles. The van der Waals surface area contributed by atoms with Gasteiger partial charge in [-0.3, -0.25) is 6.08 Å². The molecule has 0 nitrogen and oxygen atoms in total. The first-order chi connectivity index (χ1) is 9.97. The van der Waals surface area contributed by atoms with Crippen LogP contribution in [0.25, 0.3) is 0 Å². The summed E-state index contributed by atoms with van der Waals surface area (Å²) in [7, 11) is 0. The average Bonchev–Trinajstić information content (AvgIpc) is 3.12. The van der Waals surface area contributed by atoms with Gasteiger partial charge in [0.15, 0.2) is 0 Å². The predicted molar refractivity (Wildman–Crippen MR) is 88.1 cm³/mol. The molecule has 0 aliphatic heterocycles. The fourth-order valence-electron chi connectivity index (χ4n) is 3.01. The first-order valence-electron chi connectivity index (χ1n) is 8.35. The number of hydrogen-bond acceptors (Lipinski definition) is 0. The first kappa shape index (κ1) is 25.7. The van der Waals surface area contributed by atoms with Crippen molar-refractivity contribution in [1.82, 2.24) is 0 Å². The van der Waals surface area contributed by atoms with Crippen LogP contribution >= 0.6 is 0 Å². The molecule has 0 bridgehead atoms. The third-order valence-corrected chi connectivity index (χ3v) is 4.24. The summed E-state index contributed by atoms with van der Waals surface area (Å²) in [5.41, 5.74) is 0. The Morgan fingerprint density at radius 2 is 1.65 bits per heavy atom. The Bertz CT molecular complexity index is 362. The maximum absolute atomic E-state index is 2.99. The van der Waals surface area contributed by atoms with Gasteiger partial charge in [0.05, 0.1) is 0 Å². The molecule has 0 saturated heterocycles. The van der Waals surface area contributed by atoms with Crippen molar-refractivity contribution < 1.29 is 51.0 Å². The van der Waals surface area contributed by atoms with Crippen LogP contribution in [0.2, 0.25) is 0 Å². The largest absolute Gasteiger partial charge is 4.00 e. The molecule has 3 aliphatic rings. The van der Waals surface area contributed by atoms with E-state index in [1.165, 1.54) is 51.4 Å². The molecule has 0 aromatic heterocycles. The fraction of sp³-hybridized carbons (Fsp3) is 0.550. The third kappa shape index (κ3) is 11.6. The number of allylic oxidation sites excluding steroid dienone is 8. The van der Waals surface area contributed by atoms with Crippen LogP contribution in [0.5, 0.6) is 0 Å². The Morgan fingerprint density at radius 1 is 0.870 bits per heavy atom. The molecule has 0 spiro atoms. The summed E-state index contributed by atoms with van der Waals surface area (Å²) >= 11 is 0. The Hall–Kier alpha value is 0.423. The fourth-order valence-corrected chi connectivity index (χ4v) is 3.01. The van der Waals surface area contributed by atoms with E-state index in [0.717, 1.165) is 18.3 Å². The SMILES string of the molecule is C1=CC2[CH-]CCCCCCC/C=C/C2C1.[C-]1=CC=CC1.[Cl-].[Cl-].[Zr+4]. The molecular weight excluding hydrogens is 402 g/mol. The first-order valence-corrected chi connectivity index (χ1v) is 8.35. The van der Waals surface area contributed by atoms with Crippen LogP contribution in [0.3, 0.4) is 0 Å². The second-order valence-electron chi connectivity index (χ2n) is 5.92. The van der Waals surface area contributed by atoms with Crippen molar-refractivity contribution >= 4 is 0 Å². The van der Waals surface area contributed by atoms with Gasteiger partial charge >= 0.3 is 26.2 Å². The molecule has 3 rings (SSSR count). The van der Waals surface area contributed by atoms with Crippen molar-refractivity contribution in [2.45, 2.75) is 57.8 Å². The molecule has 0 aromatic rings. The van der Waals surface area contributed by atoms with E-state index in [1.54, 1.807) is 0 Å². The van der Waals surface area contributed by atoms with Gasteiger partial charge in [-0.05, 0) is 25.2 Å². The van der Waals surface area contributed by atoms with Crippen LogP contribution < -0.4 is 24.8 Å². The monoisotopic (exact) mass is 428 g/mol. The van der Waals surface area contributed by atoms with Crippen LogP contribution in [0.1, 0.15) is 57.8 Å². The van der Waals surface area contributed by atoms with E-state index in [0.29, 0.717) is 0 Å². The molecular formula is C20H28Cl2Zr. The second kappa shape index (κ2) is 17.3. The molecule has 126 valence electrons. The minimum Gasteiger partial charge on any atom is -1.00 e. The molecule has 0 N–H and O–H groups in total. The standard InChI is InChI=1S/C15H23.C5H5.2ClH.Zr/c1-2-4-6-8-11-15-13-9-12-14(15)10-7-5-3-1;1-2-4-5-3-1;;;/h7,9-11,13-15H,1-6,8,12H2;1-3H,4H2;2*1H;/q2*-1;;;+4/p-2/b10-7+;;;;. The molecule has 0 fully saturated rings. The van der Waals surface area contributed by atoms with E-state index in [4.69, 9.17) is 0 Å². The van der Waals surface area contributed by atoms with Gasteiger partial charge in [-0.1, -0.05) is 43.9 Å². The Morgan fingerprint density at radius 3 is 2.35 bits per heavy atom. The summed E-state index contributed by atoms with van der Waals surface area (Å²) in [4.78, 5) is 0. The zero-order valence-corrected chi connectivity index (χ0v) is 17.9. The van der Waals surface area contributed by atoms with E-state index in [9.17, 15) is 0 Å². The van der Waals surface area contributed by atoms with Crippen molar-refractivity contribution in [3.63, 3.8) is 0 Å². The number of halogens is 2. The van der Waals surface area contributed by atoms with Gasteiger partial charge in [0.2, 0.25) is 0 Å². The molecule has 3 heteroatoms. The Labute approximate surface area is 174 Å². The number of hydrogen-bond donors (Lipinski definition) is 0. The summed E-state index contributed by atoms with van der Waals surface area (Å²) in [5.74, 6) is 1.52. The van der Waals surface area contributed by atoms with Gasteiger partial charge in [0, 0.05) is 0 Å².